The summed E-state index contributed by atoms with van der Waals surface area (Å²) < 4.78 is 25.8. The number of nitrogens with zero attached hydrogens (tertiary/aromatic N) is 2. The van der Waals surface area contributed by atoms with Gasteiger partial charge in [-0.2, -0.15) is 4.31 Å². The van der Waals surface area contributed by atoms with Gasteiger partial charge in [-0.25, -0.2) is 13.4 Å². The van der Waals surface area contributed by atoms with Gasteiger partial charge < -0.3 is 10.7 Å². The molecule has 94 valence electrons. The first-order valence-corrected chi connectivity index (χ1v) is 7.14. The van der Waals surface area contributed by atoms with Gasteiger partial charge in [-0.1, -0.05) is 12.2 Å². The van der Waals surface area contributed by atoms with Crippen molar-refractivity contribution < 1.29 is 8.42 Å². The lowest BCUT2D eigenvalue weighted by Gasteiger charge is -2.30. The Bertz CT molecular complexity index is 497. The summed E-state index contributed by atoms with van der Waals surface area (Å²) in [7, 11) is -3.49. The van der Waals surface area contributed by atoms with Crippen LogP contribution in [0.4, 0.5) is 0 Å². The largest absolute Gasteiger partial charge is 0.393 e. The second-order valence-corrected chi connectivity index (χ2v) is 6.40. The third-order valence-electron chi connectivity index (χ3n) is 2.88. The Morgan fingerprint density at radius 3 is 3.00 bits per heavy atom. The summed E-state index contributed by atoms with van der Waals surface area (Å²) >= 11 is 4.93. The number of aromatic amines is 1. The molecule has 0 saturated carbocycles. The average Bonchev–Trinajstić information content (AvgIpc) is 2.83. The molecule has 8 heteroatoms. The van der Waals surface area contributed by atoms with Crippen molar-refractivity contribution in [3.63, 3.8) is 0 Å². The smallest absolute Gasteiger partial charge is 0.260 e. The lowest BCUT2D eigenvalue weighted by Crippen LogP contribution is -2.43. The zero-order chi connectivity index (χ0) is 12.5. The second kappa shape index (κ2) is 4.71. The first kappa shape index (κ1) is 12.5. The van der Waals surface area contributed by atoms with E-state index < -0.39 is 10.0 Å². The molecule has 0 amide bonds. The molecule has 2 rings (SSSR count). The first-order valence-electron chi connectivity index (χ1n) is 5.29. The highest BCUT2D eigenvalue weighted by Gasteiger charge is 2.31. The Morgan fingerprint density at radius 1 is 1.65 bits per heavy atom. The van der Waals surface area contributed by atoms with Crippen LogP contribution in [0.1, 0.15) is 12.8 Å². The molecule has 1 aromatic heterocycles. The molecule has 1 aliphatic heterocycles. The van der Waals surface area contributed by atoms with Crippen LogP contribution in [0.2, 0.25) is 0 Å². The van der Waals surface area contributed by atoms with Gasteiger partial charge in [0.25, 0.3) is 10.0 Å². The summed E-state index contributed by atoms with van der Waals surface area (Å²) in [4.78, 5) is 6.72. The topological polar surface area (TPSA) is 92.1 Å². The van der Waals surface area contributed by atoms with Crippen LogP contribution in [-0.2, 0) is 10.0 Å². The summed E-state index contributed by atoms with van der Waals surface area (Å²) in [5.74, 6) is -0.0311. The van der Waals surface area contributed by atoms with Crippen LogP contribution in [0, 0.1) is 5.92 Å². The molecule has 0 bridgehead atoms. The molecule has 3 N–H and O–H groups in total. The minimum atomic E-state index is -3.49. The van der Waals surface area contributed by atoms with Gasteiger partial charge in [-0.3, -0.25) is 0 Å². The Labute approximate surface area is 105 Å². The van der Waals surface area contributed by atoms with E-state index in [0.29, 0.717) is 18.1 Å². The van der Waals surface area contributed by atoms with Crippen molar-refractivity contribution >= 4 is 27.2 Å². The van der Waals surface area contributed by atoms with E-state index in [2.05, 4.69) is 9.97 Å². The van der Waals surface area contributed by atoms with Crippen molar-refractivity contribution in [1.82, 2.24) is 14.3 Å². The van der Waals surface area contributed by atoms with Crippen molar-refractivity contribution in [3.05, 3.63) is 12.5 Å². The van der Waals surface area contributed by atoms with E-state index in [0.717, 1.165) is 12.8 Å². The molecule has 1 atom stereocenters. The highest BCUT2D eigenvalue weighted by Crippen LogP contribution is 2.22. The van der Waals surface area contributed by atoms with Crippen molar-refractivity contribution in [3.8, 4) is 0 Å². The fourth-order valence-corrected chi connectivity index (χ4v) is 3.53. The van der Waals surface area contributed by atoms with Crippen LogP contribution in [-0.4, -0.2) is 40.8 Å². The third-order valence-corrected chi connectivity index (χ3v) is 5.00. The van der Waals surface area contributed by atoms with Gasteiger partial charge in [0.1, 0.15) is 0 Å². The number of aromatic nitrogens is 2. The van der Waals surface area contributed by atoms with E-state index in [1.165, 1.54) is 16.8 Å². The Balaban J connectivity index is 2.20. The molecule has 1 aliphatic rings. The number of hydrogen-bond donors (Lipinski definition) is 2. The predicted molar refractivity (Wildman–Crippen MR) is 66.9 cm³/mol. The molecule has 0 aromatic carbocycles. The van der Waals surface area contributed by atoms with Crippen LogP contribution < -0.4 is 5.73 Å². The molecule has 0 spiro atoms. The fraction of sp³-hybridized carbons (Fsp3) is 0.556. The van der Waals surface area contributed by atoms with E-state index in [1.807, 2.05) is 0 Å². The number of piperidine rings is 1. The molecular weight excluding hydrogens is 260 g/mol. The molecule has 2 heterocycles. The molecule has 0 aliphatic carbocycles. The SMILES string of the molecule is NC(=S)C1CCCN(S(=O)(=O)c2cnc[nH]2)C1. The number of sulfonamides is 1. The molecule has 1 aromatic rings. The third kappa shape index (κ3) is 2.48. The lowest BCUT2D eigenvalue weighted by atomic mass is 10.0. The van der Waals surface area contributed by atoms with Crippen molar-refractivity contribution in [2.45, 2.75) is 17.9 Å². The summed E-state index contributed by atoms with van der Waals surface area (Å²) in [5, 5.41) is 0.112. The number of hydrogen-bond acceptors (Lipinski definition) is 4. The maximum Gasteiger partial charge on any atom is 0.260 e. The molecule has 0 radical (unpaired) electrons. The van der Waals surface area contributed by atoms with Gasteiger partial charge in [-0.05, 0) is 12.8 Å². The minimum absolute atomic E-state index is 0.0311. The highest BCUT2D eigenvalue weighted by atomic mass is 32.2. The van der Waals surface area contributed by atoms with E-state index in [-0.39, 0.29) is 10.9 Å². The Hall–Kier alpha value is -0.990. The first-order chi connectivity index (χ1) is 8.01. The number of rotatable bonds is 3. The zero-order valence-corrected chi connectivity index (χ0v) is 10.8. The number of H-pyrrole nitrogens is 1. The van der Waals surface area contributed by atoms with E-state index in [9.17, 15) is 8.42 Å². The van der Waals surface area contributed by atoms with Crippen LogP contribution >= 0.6 is 12.2 Å². The molecule has 17 heavy (non-hydrogen) atoms. The fourth-order valence-electron chi connectivity index (χ4n) is 1.92. The number of nitrogens with one attached hydrogen (secondary N) is 1. The van der Waals surface area contributed by atoms with Crippen molar-refractivity contribution in [2.75, 3.05) is 13.1 Å². The Morgan fingerprint density at radius 2 is 2.41 bits per heavy atom. The van der Waals surface area contributed by atoms with E-state index in [1.54, 1.807) is 0 Å². The predicted octanol–water partition coefficient (Wildman–Crippen LogP) is 0.0965. The maximum atomic E-state index is 12.2. The minimum Gasteiger partial charge on any atom is -0.393 e. The van der Waals surface area contributed by atoms with Gasteiger partial charge in [0.2, 0.25) is 0 Å². The average molecular weight is 274 g/mol. The molecule has 6 nitrogen and oxygen atoms in total. The molecule has 1 saturated heterocycles. The molecule has 1 fully saturated rings. The van der Waals surface area contributed by atoms with Crippen LogP contribution in [0.3, 0.4) is 0 Å². The van der Waals surface area contributed by atoms with Gasteiger partial charge in [-0.15, -0.1) is 0 Å². The quantitative estimate of drug-likeness (QED) is 0.763. The maximum absolute atomic E-state index is 12.2. The number of imidazole rings is 1. The standard InChI is InChI=1S/C9H14N4O2S2/c10-9(16)7-2-1-3-13(5-7)17(14,15)8-4-11-6-12-8/h4,6-7H,1-3,5H2,(H2,10,16)(H,11,12). The van der Waals surface area contributed by atoms with Crippen LogP contribution in [0.15, 0.2) is 17.6 Å². The second-order valence-electron chi connectivity index (χ2n) is 4.02. The van der Waals surface area contributed by atoms with Gasteiger partial charge in [0, 0.05) is 19.0 Å². The monoisotopic (exact) mass is 274 g/mol. The van der Waals surface area contributed by atoms with Crippen LogP contribution in [0.5, 0.6) is 0 Å². The summed E-state index contributed by atoms with van der Waals surface area (Å²) in [6.45, 7) is 0.858. The van der Waals surface area contributed by atoms with Gasteiger partial charge >= 0.3 is 0 Å². The number of nitrogens with two attached hydrogens (primary N) is 1. The zero-order valence-electron chi connectivity index (χ0n) is 9.17. The van der Waals surface area contributed by atoms with Gasteiger partial charge in [0.15, 0.2) is 5.03 Å². The Kier molecular flexibility index (Phi) is 3.45. The van der Waals surface area contributed by atoms with Crippen molar-refractivity contribution in [2.24, 2.45) is 11.7 Å². The lowest BCUT2D eigenvalue weighted by molar-refractivity contribution is 0.312. The van der Waals surface area contributed by atoms with E-state index in [4.69, 9.17) is 18.0 Å². The highest BCUT2D eigenvalue weighted by molar-refractivity contribution is 7.89. The summed E-state index contributed by atoms with van der Waals surface area (Å²) in [5.41, 5.74) is 5.58. The molecular formula is C9H14N4O2S2. The van der Waals surface area contributed by atoms with E-state index >= 15 is 0 Å². The summed E-state index contributed by atoms with van der Waals surface area (Å²) in [6.07, 6.45) is 4.28. The summed E-state index contributed by atoms with van der Waals surface area (Å²) in [6, 6.07) is 0. The van der Waals surface area contributed by atoms with Crippen LogP contribution in [0.25, 0.3) is 0 Å². The number of thiocarbonyl (C=S) groups is 1. The van der Waals surface area contributed by atoms with Crippen molar-refractivity contribution in [1.29, 1.82) is 0 Å². The van der Waals surface area contributed by atoms with Gasteiger partial charge in [0.05, 0.1) is 17.5 Å². The molecule has 1 unspecified atom stereocenters. The normalized spacial score (nSPS) is 22.5.